The van der Waals surface area contributed by atoms with E-state index in [1.807, 2.05) is 48.5 Å². The fourth-order valence-electron chi connectivity index (χ4n) is 2.89. The number of amides is 1. The number of rotatable bonds is 9. The largest absolute Gasteiger partial charge is 0.418 e. The number of thiophene rings is 1. The minimum Gasteiger partial charge on any atom is -0.418 e. The number of hydrogen-bond donors (Lipinski definition) is 0. The number of carbonyl (C=O) groups is 1. The second-order valence-electron chi connectivity index (χ2n) is 6.68. The molecule has 154 valence electrons. The summed E-state index contributed by atoms with van der Waals surface area (Å²) in [5.74, 6) is 0.894. The first-order valence-electron chi connectivity index (χ1n) is 9.23. The molecule has 0 atom stereocenters. The van der Waals surface area contributed by atoms with E-state index in [1.54, 1.807) is 11.0 Å². The number of likely N-dealkylation sites (N-methyl/N-ethyl adjacent to an activating group) is 1. The van der Waals surface area contributed by atoms with Crippen LogP contribution in [0.2, 0.25) is 10.0 Å². The Morgan fingerprint density at radius 2 is 2.00 bits per heavy atom. The SMILES string of the molecule is CCCN(Cc1nnc(-c2cccs2)o1)C(=O)CN(C)Cc1cccc(Cl)c1Cl. The van der Waals surface area contributed by atoms with Crippen LogP contribution in [0.15, 0.2) is 40.1 Å². The minimum atomic E-state index is -0.0108. The first-order valence-corrected chi connectivity index (χ1v) is 10.9. The van der Waals surface area contributed by atoms with E-state index in [2.05, 4.69) is 10.2 Å². The van der Waals surface area contributed by atoms with E-state index in [9.17, 15) is 4.79 Å². The third kappa shape index (κ3) is 5.79. The average Bonchev–Trinajstić information content (AvgIpc) is 3.36. The maximum Gasteiger partial charge on any atom is 0.257 e. The molecule has 2 aromatic heterocycles. The number of hydrogen-bond acceptors (Lipinski definition) is 6. The maximum atomic E-state index is 12.9. The summed E-state index contributed by atoms with van der Waals surface area (Å²) in [6, 6.07) is 9.36. The quantitative estimate of drug-likeness (QED) is 0.458. The Kier molecular flexibility index (Phi) is 7.66. The Bertz CT molecular complexity index is 946. The molecule has 0 radical (unpaired) electrons. The lowest BCUT2D eigenvalue weighted by atomic mass is 10.2. The number of carbonyl (C=O) groups excluding carboxylic acids is 1. The molecule has 0 aliphatic carbocycles. The lowest BCUT2D eigenvalue weighted by Crippen LogP contribution is -2.39. The molecule has 6 nitrogen and oxygen atoms in total. The molecule has 0 N–H and O–H groups in total. The van der Waals surface area contributed by atoms with Crippen LogP contribution in [0, 0.1) is 0 Å². The predicted molar refractivity (Wildman–Crippen MR) is 116 cm³/mol. The summed E-state index contributed by atoms with van der Waals surface area (Å²) in [4.78, 5) is 17.4. The molecule has 29 heavy (non-hydrogen) atoms. The van der Waals surface area contributed by atoms with Gasteiger partial charge in [-0.3, -0.25) is 9.69 Å². The minimum absolute atomic E-state index is 0.0108. The molecule has 1 aromatic carbocycles. The number of nitrogens with zero attached hydrogens (tertiary/aromatic N) is 4. The van der Waals surface area contributed by atoms with Crippen molar-refractivity contribution >= 4 is 40.4 Å². The van der Waals surface area contributed by atoms with Crippen LogP contribution >= 0.6 is 34.5 Å². The van der Waals surface area contributed by atoms with E-state index in [0.29, 0.717) is 34.9 Å². The van der Waals surface area contributed by atoms with Crippen LogP contribution in [0.25, 0.3) is 10.8 Å². The summed E-state index contributed by atoms with van der Waals surface area (Å²) in [5.41, 5.74) is 0.883. The summed E-state index contributed by atoms with van der Waals surface area (Å²) in [5, 5.41) is 11.2. The average molecular weight is 453 g/mol. The Balaban J connectivity index is 1.62. The first-order chi connectivity index (χ1) is 14.0. The standard InChI is InChI=1S/C20H22Cl2N4O2S/c1-3-9-26(12-17-23-24-20(28-17)16-8-5-10-29-16)18(27)13-25(2)11-14-6-4-7-15(21)19(14)22/h4-8,10H,3,9,11-13H2,1-2H3. The van der Waals surface area contributed by atoms with E-state index >= 15 is 0 Å². The van der Waals surface area contributed by atoms with Gasteiger partial charge in [0.05, 0.1) is 28.0 Å². The van der Waals surface area contributed by atoms with Gasteiger partial charge in [0.1, 0.15) is 0 Å². The van der Waals surface area contributed by atoms with Gasteiger partial charge >= 0.3 is 0 Å². The van der Waals surface area contributed by atoms with E-state index < -0.39 is 0 Å². The molecule has 0 unspecified atom stereocenters. The molecule has 0 bridgehead atoms. The number of aromatic nitrogens is 2. The Morgan fingerprint density at radius 3 is 2.72 bits per heavy atom. The van der Waals surface area contributed by atoms with Gasteiger partial charge in [-0.25, -0.2) is 0 Å². The van der Waals surface area contributed by atoms with Gasteiger partial charge in [0.25, 0.3) is 5.89 Å². The van der Waals surface area contributed by atoms with Crippen molar-refractivity contribution in [3.63, 3.8) is 0 Å². The molecule has 2 heterocycles. The van der Waals surface area contributed by atoms with Gasteiger partial charge in [-0.2, -0.15) is 0 Å². The zero-order valence-corrected chi connectivity index (χ0v) is 18.6. The van der Waals surface area contributed by atoms with Gasteiger partial charge in [0.15, 0.2) is 0 Å². The zero-order chi connectivity index (χ0) is 20.8. The first kappa shape index (κ1) is 21.8. The van der Waals surface area contributed by atoms with Crippen molar-refractivity contribution in [1.82, 2.24) is 20.0 Å². The van der Waals surface area contributed by atoms with Crippen LogP contribution in [0.1, 0.15) is 24.8 Å². The molecule has 9 heteroatoms. The van der Waals surface area contributed by atoms with Crippen molar-refractivity contribution in [3.05, 3.63) is 57.2 Å². The molecule has 0 fully saturated rings. The van der Waals surface area contributed by atoms with Gasteiger partial charge in [-0.15, -0.1) is 21.5 Å². The van der Waals surface area contributed by atoms with E-state index in [-0.39, 0.29) is 19.0 Å². The fourth-order valence-corrected chi connectivity index (χ4v) is 3.91. The highest BCUT2D eigenvalue weighted by Crippen LogP contribution is 2.26. The van der Waals surface area contributed by atoms with E-state index in [4.69, 9.17) is 27.6 Å². The molecule has 3 rings (SSSR count). The van der Waals surface area contributed by atoms with Crippen molar-refractivity contribution in [1.29, 1.82) is 0 Å². The van der Waals surface area contributed by atoms with E-state index in [1.165, 1.54) is 11.3 Å². The van der Waals surface area contributed by atoms with Crippen LogP contribution in [0.3, 0.4) is 0 Å². The third-order valence-electron chi connectivity index (χ3n) is 4.25. The van der Waals surface area contributed by atoms with Gasteiger partial charge in [0, 0.05) is 13.1 Å². The van der Waals surface area contributed by atoms with Crippen LogP contribution in [-0.4, -0.2) is 46.0 Å². The highest BCUT2D eigenvalue weighted by Gasteiger charge is 2.19. The van der Waals surface area contributed by atoms with Crippen molar-refractivity contribution in [2.75, 3.05) is 20.1 Å². The van der Waals surface area contributed by atoms with Crippen molar-refractivity contribution < 1.29 is 9.21 Å². The Hall–Kier alpha value is -1.93. The summed E-state index contributed by atoms with van der Waals surface area (Å²) in [6.07, 6.45) is 0.835. The number of halogens is 2. The lowest BCUT2D eigenvalue weighted by molar-refractivity contribution is -0.133. The summed E-state index contributed by atoms with van der Waals surface area (Å²) in [6.45, 7) is 3.70. The number of benzene rings is 1. The summed E-state index contributed by atoms with van der Waals surface area (Å²) >= 11 is 13.9. The van der Waals surface area contributed by atoms with Gasteiger partial charge in [0.2, 0.25) is 11.8 Å². The Morgan fingerprint density at radius 1 is 1.17 bits per heavy atom. The third-order valence-corrected chi connectivity index (χ3v) is 5.96. The normalized spacial score (nSPS) is 11.2. The molecular formula is C20H22Cl2N4O2S. The summed E-state index contributed by atoms with van der Waals surface area (Å²) < 4.78 is 5.73. The summed E-state index contributed by atoms with van der Waals surface area (Å²) in [7, 11) is 1.88. The highest BCUT2D eigenvalue weighted by molar-refractivity contribution is 7.13. The van der Waals surface area contributed by atoms with Gasteiger partial charge in [-0.05, 0) is 36.5 Å². The molecule has 0 spiro atoms. The van der Waals surface area contributed by atoms with Crippen LogP contribution in [0.4, 0.5) is 0 Å². The van der Waals surface area contributed by atoms with Crippen LogP contribution in [0.5, 0.6) is 0 Å². The second kappa shape index (κ2) is 10.2. The molecular weight excluding hydrogens is 431 g/mol. The van der Waals surface area contributed by atoms with E-state index in [0.717, 1.165) is 16.9 Å². The molecule has 0 aliphatic heterocycles. The topological polar surface area (TPSA) is 62.5 Å². The molecule has 3 aromatic rings. The molecule has 1 amide bonds. The molecule has 0 saturated heterocycles. The van der Waals surface area contributed by atoms with Gasteiger partial charge in [-0.1, -0.05) is 48.3 Å². The zero-order valence-electron chi connectivity index (χ0n) is 16.3. The lowest BCUT2D eigenvalue weighted by Gasteiger charge is -2.24. The van der Waals surface area contributed by atoms with Crippen LogP contribution in [-0.2, 0) is 17.9 Å². The van der Waals surface area contributed by atoms with Crippen molar-refractivity contribution in [2.24, 2.45) is 0 Å². The smallest absolute Gasteiger partial charge is 0.257 e. The predicted octanol–water partition coefficient (Wildman–Crippen LogP) is 4.98. The molecule has 0 saturated carbocycles. The maximum absolute atomic E-state index is 12.9. The Labute approximate surface area is 184 Å². The second-order valence-corrected chi connectivity index (χ2v) is 8.41. The van der Waals surface area contributed by atoms with Gasteiger partial charge < -0.3 is 9.32 Å². The van der Waals surface area contributed by atoms with Crippen molar-refractivity contribution in [2.45, 2.75) is 26.4 Å². The van der Waals surface area contributed by atoms with Crippen molar-refractivity contribution in [3.8, 4) is 10.8 Å². The van der Waals surface area contributed by atoms with Crippen LogP contribution < -0.4 is 0 Å². The molecule has 0 aliphatic rings. The highest BCUT2D eigenvalue weighted by atomic mass is 35.5. The monoisotopic (exact) mass is 452 g/mol. The fraction of sp³-hybridized carbons (Fsp3) is 0.350.